The Kier molecular flexibility index (Phi) is 9.05. The number of nitrogens with zero attached hydrogens (tertiary/aromatic N) is 1. The van der Waals surface area contributed by atoms with Crippen LogP contribution in [-0.4, -0.2) is 46.6 Å². The van der Waals surface area contributed by atoms with Crippen molar-refractivity contribution >= 4 is 11.9 Å². The van der Waals surface area contributed by atoms with E-state index in [0.29, 0.717) is 12.0 Å². The van der Waals surface area contributed by atoms with Crippen molar-refractivity contribution in [2.75, 3.05) is 6.54 Å². The van der Waals surface area contributed by atoms with E-state index < -0.39 is 65.1 Å². The summed E-state index contributed by atoms with van der Waals surface area (Å²) < 4.78 is 34.0. The fraction of sp³-hybridized carbons (Fsp3) is 0.440. The number of aliphatic carboxylic acids is 1. The van der Waals surface area contributed by atoms with Gasteiger partial charge in [0.05, 0.1) is 24.7 Å². The molecule has 1 aliphatic heterocycles. The number of carbonyl (C=O) groups excluding carboxylic acids is 1. The van der Waals surface area contributed by atoms with Gasteiger partial charge in [0.2, 0.25) is 11.9 Å². The number of ether oxygens (including phenoxy) is 1. The molecule has 0 spiro atoms. The fourth-order valence-corrected chi connectivity index (χ4v) is 4.68. The molecule has 1 fully saturated rings. The van der Waals surface area contributed by atoms with Gasteiger partial charge in [0, 0.05) is 10.5 Å². The number of carboxylic acid groups (broad SMARTS) is 1. The maximum absolute atomic E-state index is 14.3. The summed E-state index contributed by atoms with van der Waals surface area (Å²) in [6.07, 6.45) is -0.383. The van der Waals surface area contributed by atoms with Crippen LogP contribution < -0.4 is 10.6 Å². The van der Waals surface area contributed by atoms with Crippen LogP contribution in [-0.2, 0) is 20.9 Å². The van der Waals surface area contributed by atoms with Crippen LogP contribution >= 0.6 is 0 Å². The molecule has 2 aromatic rings. The second-order valence-electron chi connectivity index (χ2n) is 8.87. The van der Waals surface area contributed by atoms with E-state index in [1.54, 1.807) is 37.3 Å². The number of nitrogens with one attached hydrogen (secondary N) is 2. The number of hydrogen-bond donors (Lipinski definition) is 3. The topological polar surface area (TPSA) is 131 Å². The molecular weight excluding hydrogens is 476 g/mol. The van der Waals surface area contributed by atoms with E-state index in [9.17, 15) is 28.5 Å². The first kappa shape index (κ1) is 27.2. The van der Waals surface area contributed by atoms with Crippen LogP contribution in [0, 0.1) is 33.6 Å². The molecule has 9 nitrogen and oxygen atoms in total. The van der Waals surface area contributed by atoms with Crippen molar-refractivity contribution in [1.29, 1.82) is 0 Å². The predicted molar refractivity (Wildman–Crippen MR) is 125 cm³/mol. The van der Waals surface area contributed by atoms with Crippen LogP contribution in [0.2, 0.25) is 0 Å². The molecule has 0 aromatic heterocycles. The summed E-state index contributed by atoms with van der Waals surface area (Å²) in [5.74, 6) is -5.45. The van der Waals surface area contributed by atoms with E-state index in [0.717, 1.165) is 6.07 Å². The van der Waals surface area contributed by atoms with E-state index in [4.69, 9.17) is 9.84 Å². The monoisotopic (exact) mass is 505 g/mol. The molecule has 0 radical (unpaired) electrons. The lowest BCUT2D eigenvalue weighted by molar-refractivity contribution is -0.535. The van der Waals surface area contributed by atoms with E-state index in [1.165, 1.54) is 12.1 Å². The van der Waals surface area contributed by atoms with Gasteiger partial charge in [-0.1, -0.05) is 62.7 Å². The first-order chi connectivity index (χ1) is 17.1. The Morgan fingerprint density at radius 2 is 1.89 bits per heavy atom. The molecule has 3 rings (SSSR count). The van der Waals surface area contributed by atoms with E-state index in [2.05, 4.69) is 10.6 Å². The minimum absolute atomic E-state index is 0.0570. The van der Waals surface area contributed by atoms with Gasteiger partial charge in [-0.05, 0) is 17.5 Å². The van der Waals surface area contributed by atoms with Crippen molar-refractivity contribution in [2.24, 2.45) is 11.8 Å². The van der Waals surface area contributed by atoms with Crippen LogP contribution in [0.5, 0.6) is 0 Å². The number of rotatable bonds is 11. The van der Waals surface area contributed by atoms with Gasteiger partial charge in [-0.25, -0.2) is 8.78 Å². The van der Waals surface area contributed by atoms with Crippen LogP contribution in [0.1, 0.15) is 37.4 Å². The van der Waals surface area contributed by atoms with Gasteiger partial charge in [-0.15, -0.1) is 0 Å². The molecule has 11 heteroatoms. The fourth-order valence-electron chi connectivity index (χ4n) is 4.68. The van der Waals surface area contributed by atoms with Crippen molar-refractivity contribution in [3.05, 3.63) is 81.4 Å². The zero-order valence-electron chi connectivity index (χ0n) is 19.9. The zero-order valence-corrected chi connectivity index (χ0v) is 19.9. The number of benzene rings is 2. The van der Waals surface area contributed by atoms with Gasteiger partial charge in [0.25, 0.3) is 0 Å². The smallest absolute Gasteiger partial charge is 0.322 e. The summed E-state index contributed by atoms with van der Waals surface area (Å²) >= 11 is 0. The Hall–Kier alpha value is -3.44. The number of hydrogen-bond acceptors (Lipinski definition) is 6. The third kappa shape index (κ3) is 6.03. The van der Waals surface area contributed by atoms with Gasteiger partial charge < -0.3 is 15.2 Å². The predicted octanol–water partition coefficient (Wildman–Crippen LogP) is 3.07. The van der Waals surface area contributed by atoms with Crippen molar-refractivity contribution in [1.82, 2.24) is 10.6 Å². The molecule has 1 aliphatic rings. The quantitative estimate of drug-likeness (QED) is 0.316. The van der Waals surface area contributed by atoms with Crippen molar-refractivity contribution < 1.29 is 33.1 Å². The average molecular weight is 506 g/mol. The third-order valence-electron chi connectivity index (χ3n) is 6.63. The molecule has 0 aliphatic carbocycles. The molecule has 0 unspecified atom stereocenters. The lowest BCUT2D eigenvalue weighted by atomic mass is 9.80. The van der Waals surface area contributed by atoms with Gasteiger partial charge in [-0.2, -0.15) is 0 Å². The molecule has 1 heterocycles. The molecule has 0 saturated carbocycles. The van der Waals surface area contributed by atoms with E-state index >= 15 is 0 Å². The maximum atomic E-state index is 14.3. The number of halogens is 2. The highest BCUT2D eigenvalue weighted by atomic mass is 19.2. The van der Waals surface area contributed by atoms with E-state index in [-0.39, 0.29) is 18.1 Å². The zero-order chi connectivity index (χ0) is 26.4. The normalized spacial score (nSPS) is 23.1. The highest BCUT2D eigenvalue weighted by molar-refractivity contribution is 5.86. The Morgan fingerprint density at radius 3 is 2.50 bits per heavy atom. The number of carbonyl (C=O) groups is 2. The van der Waals surface area contributed by atoms with Crippen molar-refractivity contribution in [3.63, 3.8) is 0 Å². The SMILES string of the molecule is CC[C@H](C)[C@H](OCc1cccc(F)c1F)[C@H]1[C@H]([N+](=O)[O-])[C@H](c2ccccc2)N[C@@H]1C(=O)NCC(=O)O. The first-order valence-corrected chi connectivity index (χ1v) is 11.6. The number of amides is 1. The van der Waals surface area contributed by atoms with Crippen LogP contribution in [0.15, 0.2) is 48.5 Å². The second kappa shape index (κ2) is 12.0. The Morgan fingerprint density at radius 1 is 1.19 bits per heavy atom. The Bertz CT molecular complexity index is 1090. The lowest BCUT2D eigenvalue weighted by Gasteiger charge is -2.32. The summed E-state index contributed by atoms with van der Waals surface area (Å²) in [6.45, 7) is 2.62. The van der Waals surface area contributed by atoms with Crippen LogP contribution in [0.3, 0.4) is 0 Å². The van der Waals surface area contributed by atoms with Gasteiger partial charge >= 0.3 is 5.97 Å². The maximum Gasteiger partial charge on any atom is 0.322 e. The summed E-state index contributed by atoms with van der Waals surface area (Å²) in [6, 6.07) is 8.90. The van der Waals surface area contributed by atoms with Crippen molar-refractivity contribution in [3.8, 4) is 0 Å². The molecule has 194 valence electrons. The summed E-state index contributed by atoms with van der Waals surface area (Å²) in [5, 5.41) is 26.7. The molecular formula is C25H29F2N3O6. The number of nitro groups is 1. The highest BCUT2D eigenvalue weighted by Gasteiger charge is 2.57. The molecule has 1 amide bonds. The standard InChI is InChI=1S/C25H29F2N3O6/c1-3-14(2)24(36-13-16-10-7-11-17(26)20(16)27)19-22(25(33)28-12-18(31)32)29-21(23(19)30(34)35)15-8-5-4-6-9-15/h4-11,14,19,21-24,29H,3,12-13H2,1-2H3,(H,28,33)(H,31,32)/t14-,19+,21-,22-,23-,24-/m0/s1. The van der Waals surface area contributed by atoms with Gasteiger partial charge in [0.1, 0.15) is 12.6 Å². The van der Waals surface area contributed by atoms with E-state index in [1.807, 2.05) is 6.92 Å². The Balaban J connectivity index is 2.02. The average Bonchev–Trinajstić information content (AvgIpc) is 3.26. The lowest BCUT2D eigenvalue weighted by Crippen LogP contribution is -2.51. The second-order valence-corrected chi connectivity index (χ2v) is 8.87. The molecule has 2 aromatic carbocycles. The minimum atomic E-state index is -1.32. The minimum Gasteiger partial charge on any atom is -0.480 e. The third-order valence-corrected chi connectivity index (χ3v) is 6.63. The summed E-state index contributed by atoms with van der Waals surface area (Å²) in [7, 11) is 0. The highest BCUT2D eigenvalue weighted by Crippen LogP contribution is 2.40. The summed E-state index contributed by atoms with van der Waals surface area (Å²) in [4.78, 5) is 36.0. The number of carboxylic acids is 1. The molecule has 3 N–H and O–H groups in total. The Labute approximate surface area is 207 Å². The summed E-state index contributed by atoms with van der Waals surface area (Å²) in [5.41, 5.74) is 0.523. The largest absolute Gasteiger partial charge is 0.480 e. The van der Waals surface area contributed by atoms with Crippen LogP contribution in [0.25, 0.3) is 0 Å². The van der Waals surface area contributed by atoms with Gasteiger partial charge in [0.15, 0.2) is 11.6 Å². The first-order valence-electron chi connectivity index (χ1n) is 11.6. The molecule has 1 saturated heterocycles. The van der Waals surface area contributed by atoms with Gasteiger partial charge in [-0.3, -0.25) is 25.0 Å². The molecule has 36 heavy (non-hydrogen) atoms. The molecule has 6 atom stereocenters. The molecule has 0 bridgehead atoms. The van der Waals surface area contributed by atoms with Crippen LogP contribution in [0.4, 0.5) is 8.78 Å². The van der Waals surface area contributed by atoms with Crippen molar-refractivity contribution in [2.45, 2.75) is 51.1 Å².